The fourth-order valence-electron chi connectivity index (χ4n) is 3.14. The Morgan fingerprint density at radius 3 is 2.74 bits per heavy atom. The van der Waals surface area contributed by atoms with Crippen LogP contribution in [0.3, 0.4) is 0 Å². The molecule has 1 aromatic rings. The first-order valence-electron chi connectivity index (χ1n) is 7.74. The summed E-state index contributed by atoms with van der Waals surface area (Å²) in [5, 5.41) is 2.81. The summed E-state index contributed by atoms with van der Waals surface area (Å²) in [5.74, 6) is -0.0471. The minimum atomic E-state index is -0.450. The maximum Gasteiger partial charge on any atom is 0.314 e. The van der Waals surface area contributed by atoms with Gasteiger partial charge in [0.25, 0.3) is 5.91 Å². The molecule has 23 heavy (non-hydrogen) atoms. The van der Waals surface area contributed by atoms with Crippen LogP contribution in [0.15, 0.2) is 18.2 Å². The first kappa shape index (κ1) is 15.3. The van der Waals surface area contributed by atoms with E-state index in [0.717, 1.165) is 11.3 Å². The molecule has 2 aliphatic rings. The van der Waals surface area contributed by atoms with Gasteiger partial charge in [-0.15, -0.1) is 0 Å². The van der Waals surface area contributed by atoms with Gasteiger partial charge in [0.2, 0.25) is 5.91 Å². The maximum atomic E-state index is 12.7. The first-order chi connectivity index (χ1) is 11.0. The van der Waals surface area contributed by atoms with Crippen LogP contribution >= 0.6 is 0 Å². The number of primary amides is 1. The molecule has 2 heterocycles. The van der Waals surface area contributed by atoms with Crippen LogP contribution in [0.2, 0.25) is 0 Å². The summed E-state index contributed by atoms with van der Waals surface area (Å²) in [6.07, 6.45) is 1.09. The Hall–Kier alpha value is -2.57. The second-order valence-corrected chi connectivity index (χ2v) is 6.05. The molecule has 1 aromatic carbocycles. The third-order valence-corrected chi connectivity index (χ3v) is 4.45. The lowest BCUT2D eigenvalue weighted by molar-refractivity contribution is -0.116. The number of hydrogen-bond donors (Lipinski definition) is 2. The van der Waals surface area contributed by atoms with Crippen molar-refractivity contribution in [3.63, 3.8) is 0 Å². The van der Waals surface area contributed by atoms with Gasteiger partial charge in [-0.25, -0.2) is 4.79 Å². The number of piperazine rings is 1. The zero-order chi connectivity index (χ0) is 16.6. The van der Waals surface area contributed by atoms with Crippen molar-refractivity contribution in [1.82, 2.24) is 9.80 Å². The molecule has 0 aliphatic carbocycles. The molecule has 0 saturated carbocycles. The molecule has 0 bridgehead atoms. The van der Waals surface area contributed by atoms with E-state index in [0.29, 0.717) is 38.0 Å². The largest absolute Gasteiger partial charge is 0.351 e. The number of carbonyl (C=O) groups excluding carboxylic acids is 3. The van der Waals surface area contributed by atoms with E-state index in [1.54, 1.807) is 21.9 Å². The number of nitrogens with two attached hydrogens (primary N) is 1. The van der Waals surface area contributed by atoms with Crippen molar-refractivity contribution in [3.05, 3.63) is 29.3 Å². The number of nitrogens with zero attached hydrogens (tertiary/aromatic N) is 2. The predicted octanol–water partition coefficient (Wildman–Crippen LogP) is 0.796. The summed E-state index contributed by atoms with van der Waals surface area (Å²) < 4.78 is 0. The Kier molecular flexibility index (Phi) is 3.94. The summed E-state index contributed by atoms with van der Waals surface area (Å²) in [6.45, 7) is 3.27. The van der Waals surface area contributed by atoms with Gasteiger partial charge in [0, 0.05) is 43.3 Å². The molecule has 0 radical (unpaired) electrons. The second kappa shape index (κ2) is 5.91. The predicted molar refractivity (Wildman–Crippen MR) is 85.0 cm³/mol. The zero-order valence-corrected chi connectivity index (χ0v) is 13.0. The van der Waals surface area contributed by atoms with Crippen molar-refractivity contribution in [3.8, 4) is 0 Å². The van der Waals surface area contributed by atoms with Crippen molar-refractivity contribution >= 4 is 23.5 Å². The number of benzene rings is 1. The van der Waals surface area contributed by atoms with E-state index in [4.69, 9.17) is 5.73 Å². The highest BCUT2D eigenvalue weighted by Crippen LogP contribution is 2.25. The molecule has 0 spiro atoms. The van der Waals surface area contributed by atoms with Crippen LogP contribution in [0.1, 0.15) is 29.3 Å². The van der Waals surface area contributed by atoms with Gasteiger partial charge < -0.3 is 20.9 Å². The number of carbonyl (C=O) groups is 3. The van der Waals surface area contributed by atoms with Crippen LogP contribution in [0.4, 0.5) is 10.5 Å². The smallest absolute Gasteiger partial charge is 0.314 e. The quantitative estimate of drug-likeness (QED) is 0.802. The standard InChI is InChI=1S/C16H20N4O3/c1-10-9-19(16(17)23)6-7-20(10)15(22)12-2-4-13-11(8-12)3-5-14(21)18-13/h2,4,8,10H,3,5-7,9H2,1H3,(H2,17,23)(H,18,21). The van der Waals surface area contributed by atoms with E-state index in [2.05, 4.69) is 5.32 Å². The van der Waals surface area contributed by atoms with Crippen molar-refractivity contribution in [2.45, 2.75) is 25.8 Å². The molecule has 3 rings (SSSR count). The van der Waals surface area contributed by atoms with Crippen LogP contribution in [0.25, 0.3) is 0 Å². The zero-order valence-electron chi connectivity index (χ0n) is 13.0. The van der Waals surface area contributed by atoms with E-state index in [1.165, 1.54) is 0 Å². The van der Waals surface area contributed by atoms with E-state index in [-0.39, 0.29) is 17.9 Å². The van der Waals surface area contributed by atoms with Crippen LogP contribution in [-0.4, -0.2) is 53.3 Å². The van der Waals surface area contributed by atoms with E-state index < -0.39 is 6.03 Å². The number of urea groups is 1. The Morgan fingerprint density at radius 2 is 2.04 bits per heavy atom. The van der Waals surface area contributed by atoms with E-state index in [1.807, 2.05) is 13.0 Å². The van der Waals surface area contributed by atoms with Gasteiger partial charge >= 0.3 is 6.03 Å². The molecular weight excluding hydrogens is 296 g/mol. The molecule has 7 heteroatoms. The third kappa shape index (κ3) is 2.99. The highest BCUT2D eigenvalue weighted by atomic mass is 16.2. The van der Waals surface area contributed by atoms with Crippen LogP contribution in [-0.2, 0) is 11.2 Å². The lowest BCUT2D eigenvalue weighted by Gasteiger charge is -2.39. The summed E-state index contributed by atoms with van der Waals surface area (Å²) in [5.41, 5.74) is 7.68. The lowest BCUT2D eigenvalue weighted by atomic mass is 9.99. The molecule has 1 fully saturated rings. The van der Waals surface area contributed by atoms with Crippen LogP contribution in [0.5, 0.6) is 0 Å². The molecule has 1 unspecified atom stereocenters. The number of aryl methyl sites for hydroxylation is 1. The van der Waals surface area contributed by atoms with Crippen molar-refractivity contribution in [2.75, 3.05) is 25.0 Å². The minimum absolute atomic E-state index is 0.00720. The Bertz CT molecular complexity index is 673. The first-order valence-corrected chi connectivity index (χ1v) is 7.74. The minimum Gasteiger partial charge on any atom is -0.351 e. The molecule has 7 nitrogen and oxygen atoms in total. The van der Waals surface area contributed by atoms with Gasteiger partial charge in [-0.2, -0.15) is 0 Å². The van der Waals surface area contributed by atoms with Crippen molar-refractivity contribution < 1.29 is 14.4 Å². The molecule has 0 aromatic heterocycles. The molecule has 1 saturated heterocycles. The van der Waals surface area contributed by atoms with Gasteiger partial charge in [0.05, 0.1) is 0 Å². The molecule has 1 atom stereocenters. The Morgan fingerprint density at radius 1 is 1.26 bits per heavy atom. The highest BCUT2D eigenvalue weighted by Gasteiger charge is 2.30. The van der Waals surface area contributed by atoms with Crippen molar-refractivity contribution in [1.29, 1.82) is 0 Å². The van der Waals surface area contributed by atoms with Gasteiger partial charge in [0.1, 0.15) is 0 Å². The Labute approximate surface area is 134 Å². The fraction of sp³-hybridized carbons (Fsp3) is 0.438. The van der Waals surface area contributed by atoms with E-state index in [9.17, 15) is 14.4 Å². The third-order valence-electron chi connectivity index (χ3n) is 4.45. The number of nitrogens with one attached hydrogen (secondary N) is 1. The molecule has 2 aliphatic heterocycles. The molecule has 4 amide bonds. The topological polar surface area (TPSA) is 95.7 Å². The van der Waals surface area contributed by atoms with Gasteiger partial charge in [-0.1, -0.05) is 0 Å². The number of fused-ring (bicyclic) bond motifs is 1. The number of amides is 4. The Balaban J connectivity index is 1.76. The monoisotopic (exact) mass is 316 g/mol. The molecular formula is C16H20N4O3. The lowest BCUT2D eigenvalue weighted by Crippen LogP contribution is -2.56. The number of anilines is 1. The summed E-state index contributed by atoms with van der Waals surface area (Å²) in [7, 11) is 0. The summed E-state index contributed by atoms with van der Waals surface area (Å²) in [6, 6.07) is 4.83. The molecule has 3 N–H and O–H groups in total. The SMILES string of the molecule is CC1CN(C(N)=O)CCN1C(=O)c1ccc2c(c1)CCC(=O)N2. The second-order valence-electron chi connectivity index (χ2n) is 6.05. The summed E-state index contributed by atoms with van der Waals surface area (Å²) >= 11 is 0. The average molecular weight is 316 g/mol. The van der Waals surface area contributed by atoms with Gasteiger partial charge in [0.15, 0.2) is 0 Å². The van der Waals surface area contributed by atoms with Crippen LogP contribution in [0, 0.1) is 0 Å². The highest BCUT2D eigenvalue weighted by molar-refractivity contribution is 5.98. The van der Waals surface area contributed by atoms with Crippen LogP contribution < -0.4 is 11.1 Å². The normalized spacial score (nSPS) is 20.7. The number of rotatable bonds is 1. The van der Waals surface area contributed by atoms with Gasteiger partial charge in [-0.3, -0.25) is 9.59 Å². The van der Waals surface area contributed by atoms with Gasteiger partial charge in [-0.05, 0) is 37.1 Å². The average Bonchev–Trinajstić information content (AvgIpc) is 2.53. The fourth-order valence-corrected chi connectivity index (χ4v) is 3.14. The molecule has 122 valence electrons. The summed E-state index contributed by atoms with van der Waals surface area (Å²) in [4.78, 5) is 38.7. The number of hydrogen-bond acceptors (Lipinski definition) is 3. The van der Waals surface area contributed by atoms with E-state index >= 15 is 0 Å². The maximum absolute atomic E-state index is 12.7. The van der Waals surface area contributed by atoms with Crippen molar-refractivity contribution in [2.24, 2.45) is 5.73 Å².